The number of carbonyl (C=O) groups excluding carboxylic acids is 1. The summed E-state index contributed by atoms with van der Waals surface area (Å²) < 4.78 is 5.22. The lowest BCUT2D eigenvalue weighted by atomic mass is 10.0. The second-order valence-corrected chi connectivity index (χ2v) is 5.93. The molecule has 0 bridgehead atoms. The van der Waals surface area contributed by atoms with Crippen molar-refractivity contribution in [3.05, 3.63) is 76.8 Å². The molecule has 0 saturated heterocycles. The fourth-order valence-electron chi connectivity index (χ4n) is 2.38. The van der Waals surface area contributed by atoms with Gasteiger partial charge in [0.25, 0.3) is 0 Å². The lowest BCUT2D eigenvalue weighted by Gasteiger charge is -2.05. The molecule has 4 nitrogen and oxygen atoms in total. The molecule has 0 amide bonds. The zero-order valence-corrected chi connectivity index (χ0v) is 14.6. The second kappa shape index (κ2) is 7.36. The van der Waals surface area contributed by atoms with Gasteiger partial charge in [0.2, 0.25) is 0 Å². The number of hydrogen-bond acceptors (Lipinski definition) is 4. The maximum Gasteiger partial charge on any atom is 0.365 e. The molecule has 0 aliphatic carbocycles. The van der Waals surface area contributed by atoms with Crippen LogP contribution in [0.1, 0.15) is 22.8 Å². The summed E-state index contributed by atoms with van der Waals surface area (Å²) in [6.07, 6.45) is 0. The molecule has 0 aromatic heterocycles. The number of nitrogens with zero attached hydrogens (tertiary/aromatic N) is 1. The molecule has 0 saturated carbocycles. The van der Waals surface area contributed by atoms with E-state index in [1.807, 2.05) is 36.4 Å². The van der Waals surface area contributed by atoms with Crippen molar-refractivity contribution in [1.82, 2.24) is 0 Å². The fraction of sp³-hybridized carbons (Fsp3) is 0.100. The van der Waals surface area contributed by atoms with Crippen molar-refractivity contribution in [3.63, 3.8) is 0 Å². The van der Waals surface area contributed by atoms with Crippen molar-refractivity contribution >= 4 is 34.1 Å². The SMILES string of the molecule is COc1ccc2cc(/C(C)=N/OC(=O)c3ccc(Cl)cc3)ccc2c1. The number of rotatable bonds is 4. The molecule has 0 heterocycles. The van der Waals surface area contributed by atoms with Gasteiger partial charge in [0.15, 0.2) is 0 Å². The maximum atomic E-state index is 12.0. The Hall–Kier alpha value is -2.85. The van der Waals surface area contributed by atoms with E-state index in [0.717, 1.165) is 22.1 Å². The van der Waals surface area contributed by atoms with Gasteiger partial charge in [-0.25, -0.2) is 4.79 Å². The van der Waals surface area contributed by atoms with E-state index in [2.05, 4.69) is 5.16 Å². The largest absolute Gasteiger partial charge is 0.497 e. The highest BCUT2D eigenvalue weighted by Crippen LogP contribution is 2.22. The third kappa shape index (κ3) is 3.98. The first-order chi connectivity index (χ1) is 12.1. The zero-order valence-electron chi connectivity index (χ0n) is 13.8. The Kier molecular flexibility index (Phi) is 5.00. The molecule has 0 aliphatic rings. The van der Waals surface area contributed by atoms with Gasteiger partial charge in [-0.05, 0) is 65.7 Å². The van der Waals surface area contributed by atoms with E-state index in [4.69, 9.17) is 21.2 Å². The van der Waals surface area contributed by atoms with Crippen molar-refractivity contribution in [2.75, 3.05) is 7.11 Å². The van der Waals surface area contributed by atoms with Crippen molar-refractivity contribution in [3.8, 4) is 5.75 Å². The molecular weight excluding hydrogens is 338 g/mol. The summed E-state index contributed by atoms with van der Waals surface area (Å²) in [4.78, 5) is 17.0. The van der Waals surface area contributed by atoms with E-state index in [1.165, 1.54) is 0 Å². The quantitative estimate of drug-likeness (QED) is 0.373. The van der Waals surface area contributed by atoms with Gasteiger partial charge in [-0.1, -0.05) is 35.0 Å². The molecule has 126 valence electrons. The van der Waals surface area contributed by atoms with E-state index in [9.17, 15) is 4.79 Å². The van der Waals surface area contributed by atoms with Crippen LogP contribution < -0.4 is 4.74 Å². The van der Waals surface area contributed by atoms with Crippen LogP contribution in [0.15, 0.2) is 65.8 Å². The van der Waals surface area contributed by atoms with Gasteiger partial charge in [0, 0.05) is 5.02 Å². The summed E-state index contributed by atoms with van der Waals surface area (Å²) in [6, 6.07) is 18.2. The Labute approximate surface area is 150 Å². The Morgan fingerprint density at radius 3 is 2.28 bits per heavy atom. The van der Waals surface area contributed by atoms with Crippen LogP contribution in [0.25, 0.3) is 10.8 Å². The van der Waals surface area contributed by atoms with E-state index in [-0.39, 0.29) is 0 Å². The van der Waals surface area contributed by atoms with E-state index < -0.39 is 5.97 Å². The smallest absolute Gasteiger partial charge is 0.365 e. The number of oxime groups is 1. The molecule has 0 atom stereocenters. The average molecular weight is 354 g/mol. The molecule has 0 spiro atoms. The van der Waals surface area contributed by atoms with Gasteiger partial charge in [0.1, 0.15) is 5.75 Å². The summed E-state index contributed by atoms with van der Waals surface area (Å²) in [5.74, 6) is 0.282. The maximum absolute atomic E-state index is 12.0. The van der Waals surface area contributed by atoms with Crippen molar-refractivity contribution in [2.45, 2.75) is 6.92 Å². The monoisotopic (exact) mass is 353 g/mol. The van der Waals surface area contributed by atoms with Gasteiger partial charge in [-0.2, -0.15) is 0 Å². The van der Waals surface area contributed by atoms with Crippen LogP contribution in [-0.4, -0.2) is 18.8 Å². The molecule has 3 aromatic rings. The molecule has 5 heteroatoms. The molecule has 0 N–H and O–H groups in total. The predicted molar refractivity (Wildman–Crippen MR) is 99.6 cm³/mol. The highest BCUT2D eigenvalue weighted by molar-refractivity contribution is 6.30. The van der Waals surface area contributed by atoms with Gasteiger partial charge in [-0.15, -0.1) is 0 Å². The zero-order chi connectivity index (χ0) is 17.8. The van der Waals surface area contributed by atoms with Crippen LogP contribution in [0, 0.1) is 0 Å². The topological polar surface area (TPSA) is 47.9 Å². The van der Waals surface area contributed by atoms with Crippen LogP contribution in [0.4, 0.5) is 0 Å². The number of hydrogen-bond donors (Lipinski definition) is 0. The minimum absolute atomic E-state index is 0.395. The number of benzene rings is 3. The first-order valence-corrected chi connectivity index (χ1v) is 8.04. The lowest BCUT2D eigenvalue weighted by Crippen LogP contribution is -2.03. The molecular formula is C20H16ClNO3. The van der Waals surface area contributed by atoms with E-state index >= 15 is 0 Å². The number of ether oxygens (including phenoxy) is 1. The highest BCUT2D eigenvalue weighted by Gasteiger charge is 2.08. The minimum Gasteiger partial charge on any atom is -0.497 e. The molecule has 3 rings (SSSR count). The van der Waals surface area contributed by atoms with Gasteiger partial charge in [-0.3, -0.25) is 0 Å². The fourth-order valence-corrected chi connectivity index (χ4v) is 2.50. The predicted octanol–water partition coefficient (Wildman–Crippen LogP) is 5.08. The average Bonchev–Trinajstić information content (AvgIpc) is 2.65. The first-order valence-electron chi connectivity index (χ1n) is 7.66. The molecule has 0 fully saturated rings. The molecule has 0 aliphatic heterocycles. The van der Waals surface area contributed by atoms with Crippen LogP contribution in [0.3, 0.4) is 0 Å². The molecule has 3 aromatic carbocycles. The minimum atomic E-state index is -0.526. The first kappa shape index (κ1) is 17.0. The van der Waals surface area contributed by atoms with Gasteiger partial charge < -0.3 is 9.57 Å². The normalized spacial score (nSPS) is 11.4. The number of fused-ring (bicyclic) bond motifs is 1. The third-order valence-corrected chi connectivity index (χ3v) is 4.06. The summed E-state index contributed by atoms with van der Waals surface area (Å²) in [6.45, 7) is 1.79. The Bertz CT molecular complexity index is 949. The van der Waals surface area contributed by atoms with Crippen molar-refractivity contribution < 1.29 is 14.4 Å². The number of methoxy groups -OCH3 is 1. The van der Waals surface area contributed by atoms with Crippen LogP contribution in [0.5, 0.6) is 5.75 Å². The van der Waals surface area contributed by atoms with Gasteiger partial charge in [0.05, 0.1) is 18.4 Å². The number of carbonyl (C=O) groups is 1. The summed E-state index contributed by atoms with van der Waals surface area (Å²) in [5, 5.41) is 6.62. The van der Waals surface area contributed by atoms with Crippen LogP contribution in [-0.2, 0) is 4.84 Å². The van der Waals surface area contributed by atoms with E-state index in [0.29, 0.717) is 16.3 Å². The molecule has 0 radical (unpaired) electrons. The third-order valence-electron chi connectivity index (χ3n) is 3.81. The Morgan fingerprint density at radius 2 is 1.56 bits per heavy atom. The summed E-state index contributed by atoms with van der Waals surface area (Å²) in [7, 11) is 1.64. The van der Waals surface area contributed by atoms with Crippen molar-refractivity contribution in [1.29, 1.82) is 0 Å². The highest BCUT2D eigenvalue weighted by atomic mass is 35.5. The summed E-state index contributed by atoms with van der Waals surface area (Å²) >= 11 is 5.80. The Morgan fingerprint density at radius 1 is 0.920 bits per heavy atom. The molecule has 25 heavy (non-hydrogen) atoms. The second-order valence-electron chi connectivity index (χ2n) is 5.49. The van der Waals surface area contributed by atoms with Crippen LogP contribution in [0.2, 0.25) is 5.02 Å². The Balaban J connectivity index is 1.78. The van der Waals surface area contributed by atoms with Crippen molar-refractivity contribution in [2.24, 2.45) is 5.16 Å². The molecule has 0 unspecified atom stereocenters. The van der Waals surface area contributed by atoms with Gasteiger partial charge >= 0.3 is 5.97 Å². The number of halogens is 1. The summed E-state index contributed by atoms with van der Waals surface area (Å²) in [5.41, 5.74) is 1.88. The standard InChI is InChI=1S/C20H16ClNO3/c1-13(22-25-20(23)14-5-8-18(21)9-6-14)15-3-4-17-12-19(24-2)10-7-16(17)11-15/h3-12H,1-2H3/b22-13+. The van der Waals surface area contributed by atoms with Crippen LogP contribution >= 0.6 is 11.6 Å². The lowest BCUT2D eigenvalue weighted by molar-refractivity contribution is 0.0516. The van der Waals surface area contributed by atoms with E-state index in [1.54, 1.807) is 38.3 Å².